The number of aryl methyl sites for hydroxylation is 2. The van der Waals surface area contributed by atoms with Crippen LogP contribution in [-0.2, 0) is 11.8 Å². The highest BCUT2D eigenvalue weighted by Gasteiger charge is 2.40. The molecule has 0 spiro atoms. The third-order valence-corrected chi connectivity index (χ3v) is 12.8. The van der Waals surface area contributed by atoms with Gasteiger partial charge in [0.1, 0.15) is 5.75 Å². The summed E-state index contributed by atoms with van der Waals surface area (Å²) in [6, 6.07) is 46.3. The number of nitrogens with zero attached hydrogens (tertiary/aromatic N) is 1. The molecule has 0 saturated carbocycles. The number of rotatable bonds is 20. The molecule has 1 aromatic heterocycles. The standard InChI is InChI=1S/C56H67NO/c1-6-9-12-15-36-56(37-16-13-10-7-2)52-39-43(5)20-23-48(52)40-49-29-28-47(41-53(49)56)44-24-26-46(27-25-44)55-35-34-54(45-21-18-42(4)19-22-45)57(55)50-30-32-51(33-31-50)58-38-17-14-11-8-3/h18-35,39,41H,6-17,36-38,40H2,1-5H3. The van der Waals surface area contributed by atoms with Crippen molar-refractivity contribution in [2.75, 3.05) is 6.61 Å². The average Bonchev–Trinajstić information content (AvgIpc) is 3.70. The first kappa shape index (κ1) is 41.3. The fraction of sp³-hybridized carbons (Fsp3) is 0.393. The van der Waals surface area contributed by atoms with Gasteiger partial charge in [-0.05, 0) is 127 Å². The highest BCUT2D eigenvalue weighted by atomic mass is 16.5. The van der Waals surface area contributed by atoms with Crippen LogP contribution in [0.15, 0.2) is 121 Å². The molecule has 302 valence electrons. The van der Waals surface area contributed by atoms with Crippen LogP contribution in [0.1, 0.15) is 144 Å². The van der Waals surface area contributed by atoms with Gasteiger partial charge in [-0.1, -0.05) is 181 Å². The first-order chi connectivity index (χ1) is 28.4. The van der Waals surface area contributed by atoms with Crippen LogP contribution in [-0.4, -0.2) is 11.2 Å². The number of hydrogen-bond donors (Lipinski definition) is 0. The topological polar surface area (TPSA) is 14.2 Å². The van der Waals surface area contributed by atoms with Gasteiger partial charge >= 0.3 is 0 Å². The van der Waals surface area contributed by atoms with Gasteiger partial charge < -0.3 is 9.30 Å². The quantitative estimate of drug-likeness (QED) is 0.0706. The van der Waals surface area contributed by atoms with Crippen molar-refractivity contribution in [3.8, 4) is 45.1 Å². The zero-order chi connectivity index (χ0) is 40.3. The SMILES string of the molecule is CCCCCCOc1ccc(-n2c(-c3ccc(C)cc3)ccc2-c2ccc(-c3ccc4c(c3)C(CCCCCC)(CCCCCC)c3cc(C)ccc3C4)cc2)cc1. The van der Waals surface area contributed by atoms with E-state index in [1.165, 1.54) is 134 Å². The molecule has 1 aliphatic rings. The highest BCUT2D eigenvalue weighted by Crippen LogP contribution is 2.50. The van der Waals surface area contributed by atoms with Crippen LogP contribution in [0, 0.1) is 13.8 Å². The minimum Gasteiger partial charge on any atom is -0.494 e. The van der Waals surface area contributed by atoms with E-state index < -0.39 is 0 Å². The van der Waals surface area contributed by atoms with Crippen LogP contribution < -0.4 is 4.74 Å². The van der Waals surface area contributed by atoms with Crippen LogP contribution in [0.4, 0.5) is 0 Å². The number of fused-ring (bicyclic) bond motifs is 2. The van der Waals surface area contributed by atoms with E-state index in [9.17, 15) is 0 Å². The Balaban J connectivity index is 1.23. The van der Waals surface area contributed by atoms with E-state index in [0.717, 1.165) is 30.9 Å². The third-order valence-electron chi connectivity index (χ3n) is 12.8. The average molecular weight is 770 g/mol. The number of benzene rings is 5. The Labute approximate surface area is 350 Å². The first-order valence-electron chi connectivity index (χ1n) is 22.8. The molecule has 1 heterocycles. The molecule has 0 atom stereocenters. The molecular weight excluding hydrogens is 703 g/mol. The Kier molecular flexibility index (Phi) is 14.1. The molecule has 0 unspecified atom stereocenters. The van der Waals surface area contributed by atoms with Crippen molar-refractivity contribution >= 4 is 0 Å². The van der Waals surface area contributed by atoms with Crippen LogP contribution in [0.5, 0.6) is 5.75 Å². The number of hydrogen-bond acceptors (Lipinski definition) is 1. The maximum Gasteiger partial charge on any atom is 0.119 e. The van der Waals surface area contributed by atoms with Crippen molar-refractivity contribution in [3.05, 3.63) is 155 Å². The summed E-state index contributed by atoms with van der Waals surface area (Å²) in [4.78, 5) is 0. The summed E-state index contributed by atoms with van der Waals surface area (Å²) in [5, 5.41) is 0. The second kappa shape index (κ2) is 19.8. The van der Waals surface area contributed by atoms with Gasteiger partial charge in [-0.2, -0.15) is 0 Å². The van der Waals surface area contributed by atoms with Crippen molar-refractivity contribution in [2.45, 2.75) is 136 Å². The van der Waals surface area contributed by atoms with E-state index in [0.29, 0.717) is 0 Å². The minimum atomic E-state index is 0.0647. The lowest BCUT2D eigenvalue weighted by Crippen LogP contribution is -2.34. The summed E-state index contributed by atoms with van der Waals surface area (Å²) < 4.78 is 8.55. The van der Waals surface area contributed by atoms with E-state index in [1.54, 1.807) is 16.7 Å². The van der Waals surface area contributed by atoms with Gasteiger partial charge in [0.2, 0.25) is 0 Å². The van der Waals surface area contributed by atoms with Gasteiger partial charge in [-0.3, -0.25) is 0 Å². The summed E-state index contributed by atoms with van der Waals surface area (Å²) in [5.74, 6) is 0.935. The second-order valence-electron chi connectivity index (χ2n) is 17.2. The number of aromatic nitrogens is 1. The molecule has 0 aliphatic heterocycles. The van der Waals surface area contributed by atoms with Crippen LogP contribution in [0.3, 0.4) is 0 Å². The Hall–Kier alpha value is -4.82. The molecule has 5 aromatic carbocycles. The molecule has 58 heavy (non-hydrogen) atoms. The normalized spacial score (nSPS) is 13.0. The predicted octanol–water partition coefficient (Wildman–Crippen LogP) is 16.2. The van der Waals surface area contributed by atoms with Gasteiger partial charge in [0.15, 0.2) is 0 Å². The van der Waals surface area contributed by atoms with Gasteiger partial charge in [-0.25, -0.2) is 0 Å². The fourth-order valence-electron chi connectivity index (χ4n) is 9.50. The third kappa shape index (κ3) is 9.39. The lowest BCUT2D eigenvalue weighted by molar-refractivity contribution is 0.305. The molecule has 2 nitrogen and oxygen atoms in total. The molecule has 0 amide bonds. The summed E-state index contributed by atoms with van der Waals surface area (Å²) in [5.41, 5.74) is 17.5. The minimum absolute atomic E-state index is 0.0647. The molecular formula is C56H67NO. The lowest BCUT2D eigenvalue weighted by Gasteiger charge is -2.42. The summed E-state index contributed by atoms with van der Waals surface area (Å²) in [7, 11) is 0. The van der Waals surface area contributed by atoms with E-state index >= 15 is 0 Å². The molecule has 1 aliphatic carbocycles. The molecule has 6 aromatic rings. The highest BCUT2D eigenvalue weighted by molar-refractivity contribution is 5.76. The molecule has 0 radical (unpaired) electrons. The number of unbranched alkanes of at least 4 members (excludes halogenated alkanes) is 9. The van der Waals surface area contributed by atoms with E-state index in [-0.39, 0.29) is 5.41 Å². The fourth-order valence-corrected chi connectivity index (χ4v) is 9.50. The van der Waals surface area contributed by atoms with Crippen molar-refractivity contribution in [1.82, 2.24) is 4.57 Å². The maximum atomic E-state index is 6.14. The van der Waals surface area contributed by atoms with Crippen LogP contribution in [0.25, 0.3) is 39.3 Å². The predicted molar refractivity (Wildman–Crippen MR) is 249 cm³/mol. The monoisotopic (exact) mass is 770 g/mol. The Morgan fingerprint density at radius 1 is 0.466 bits per heavy atom. The summed E-state index contributed by atoms with van der Waals surface area (Å²) in [6.07, 6.45) is 18.7. The maximum absolute atomic E-state index is 6.14. The molecule has 0 saturated heterocycles. The van der Waals surface area contributed by atoms with Crippen molar-refractivity contribution in [1.29, 1.82) is 0 Å². The molecule has 0 bridgehead atoms. The van der Waals surface area contributed by atoms with Crippen molar-refractivity contribution in [2.24, 2.45) is 0 Å². The summed E-state index contributed by atoms with van der Waals surface area (Å²) >= 11 is 0. The first-order valence-corrected chi connectivity index (χ1v) is 22.8. The van der Waals surface area contributed by atoms with E-state index in [1.807, 2.05) is 0 Å². The molecule has 0 N–H and O–H groups in total. The summed E-state index contributed by atoms with van der Waals surface area (Å²) in [6.45, 7) is 12.1. The Morgan fingerprint density at radius 2 is 0.966 bits per heavy atom. The van der Waals surface area contributed by atoms with Gasteiger partial charge in [0.05, 0.1) is 18.0 Å². The molecule has 2 heteroatoms. The lowest BCUT2D eigenvalue weighted by atomic mass is 9.61. The van der Waals surface area contributed by atoms with E-state index in [4.69, 9.17) is 4.74 Å². The van der Waals surface area contributed by atoms with Gasteiger partial charge in [0, 0.05) is 11.1 Å². The zero-order valence-corrected chi connectivity index (χ0v) is 36.2. The molecule has 0 fully saturated rings. The van der Waals surface area contributed by atoms with Gasteiger partial charge in [0.25, 0.3) is 0 Å². The number of ether oxygens (including phenoxy) is 1. The largest absolute Gasteiger partial charge is 0.494 e. The Bertz CT molecular complexity index is 2190. The zero-order valence-electron chi connectivity index (χ0n) is 36.2. The van der Waals surface area contributed by atoms with E-state index in [2.05, 4.69) is 161 Å². The van der Waals surface area contributed by atoms with Crippen LogP contribution >= 0.6 is 0 Å². The Morgan fingerprint density at radius 3 is 1.57 bits per heavy atom. The van der Waals surface area contributed by atoms with Gasteiger partial charge in [-0.15, -0.1) is 0 Å². The second-order valence-corrected chi connectivity index (χ2v) is 17.2. The van der Waals surface area contributed by atoms with Crippen LogP contribution in [0.2, 0.25) is 0 Å². The van der Waals surface area contributed by atoms with Crippen molar-refractivity contribution in [3.63, 3.8) is 0 Å². The van der Waals surface area contributed by atoms with Crippen molar-refractivity contribution < 1.29 is 4.74 Å². The smallest absolute Gasteiger partial charge is 0.119 e. The molecule has 7 rings (SSSR count).